The maximum Gasteiger partial charge on any atom is 0.235 e. The number of likely N-dealkylation sites (N-methyl/N-ethyl adjacent to an activating group) is 1. The average molecular weight is 485 g/mol. The second kappa shape index (κ2) is 8.35. The van der Waals surface area contributed by atoms with Crippen molar-refractivity contribution >= 4 is 40.6 Å². The van der Waals surface area contributed by atoms with Crippen LogP contribution in [0.5, 0.6) is 5.75 Å². The van der Waals surface area contributed by atoms with Crippen molar-refractivity contribution in [3.05, 3.63) is 23.3 Å². The number of nitrogens with zero attached hydrogens (tertiary/aromatic N) is 1. The number of aliphatic hydroxyl groups is 1. The Bertz CT molecular complexity index is 1190. The minimum atomic E-state index is -2.76. The fraction of sp³-hybridized carbons (Fsp3) is 0.500. The number of anilines is 1. The first-order chi connectivity index (χ1) is 16.4. The van der Waals surface area contributed by atoms with Crippen LogP contribution in [0.2, 0.25) is 0 Å². The van der Waals surface area contributed by atoms with Crippen LogP contribution in [0.25, 0.3) is 0 Å². The van der Waals surface area contributed by atoms with E-state index in [0.29, 0.717) is 5.56 Å². The van der Waals surface area contributed by atoms with Crippen molar-refractivity contribution in [2.24, 2.45) is 29.4 Å². The molecule has 0 radical (unpaired) electrons. The highest BCUT2D eigenvalue weighted by atomic mass is 16.3. The lowest BCUT2D eigenvalue weighted by Gasteiger charge is -2.52. The fourth-order valence-electron chi connectivity index (χ4n) is 5.92. The van der Waals surface area contributed by atoms with Gasteiger partial charge in [-0.3, -0.25) is 33.7 Å². The standard InChI is InChI=1S/C24H27N3O8/c1-4-13(28)26-12-6-5-9-7-10-8-11-17(27(2)3)20(31)16(23(25)34)22(33)24(11,35)21(32)15(10)19(30)14(9)18(12)29/h5-6,10-11,15-17,29,35H,4,7-8H2,1-3H3,(H2,25,34)(H,26,28)/t10-,11-,15?,16?,17-,24-/m0/s1. The third-order valence-electron chi connectivity index (χ3n) is 7.53. The summed E-state index contributed by atoms with van der Waals surface area (Å²) in [4.78, 5) is 78.6. The predicted octanol–water partition coefficient (Wildman–Crippen LogP) is -0.784. The summed E-state index contributed by atoms with van der Waals surface area (Å²) in [5.41, 5.74) is 2.82. The van der Waals surface area contributed by atoms with Crippen LogP contribution in [0.4, 0.5) is 5.69 Å². The number of rotatable bonds is 4. The Morgan fingerprint density at radius 2 is 1.83 bits per heavy atom. The van der Waals surface area contributed by atoms with Crippen LogP contribution < -0.4 is 11.1 Å². The van der Waals surface area contributed by atoms with E-state index in [0.717, 1.165) is 0 Å². The van der Waals surface area contributed by atoms with Crippen molar-refractivity contribution in [3.63, 3.8) is 0 Å². The molecule has 0 saturated heterocycles. The van der Waals surface area contributed by atoms with Gasteiger partial charge in [0.15, 0.2) is 34.7 Å². The Labute approximate surface area is 200 Å². The Balaban J connectivity index is 1.82. The maximum atomic E-state index is 13.7. The van der Waals surface area contributed by atoms with E-state index in [1.165, 1.54) is 25.1 Å². The zero-order chi connectivity index (χ0) is 26.0. The van der Waals surface area contributed by atoms with E-state index in [-0.39, 0.29) is 30.5 Å². The van der Waals surface area contributed by atoms with Crippen LogP contribution in [0.3, 0.4) is 0 Å². The van der Waals surface area contributed by atoms with E-state index in [4.69, 9.17) is 5.73 Å². The van der Waals surface area contributed by atoms with E-state index < -0.39 is 76.0 Å². The number of carbonyl (C=O) groups is 6. The molecule has 4 rings (SSSR count). The molecule has 0 heterocycles. The molecule has 1 aromatic carbocycles. The lowest BCUT2D eigenvalue weighted by atomic mass is 9.52. The molecule has 5 N–H and O–H groups in total. The van der Waals surface area contributed by atoms with Crippen molar-refractivity contribution in [2.75, 3.05) is 19.4 Å². The van der Waals surface area contributed by atoms with E-state index >= 15 is 0 Å². The molecule has 1 aromatic rings. The number of aromatic hydroxyl groups is 1. The van der Waals surface area contributed by atoms with Gasteiger partial charge in [-0.15, -0.1) is 0 Å². The van der Waals surface area contributed by atoms with Gasteiger partial charge in [0.25, 0.3) is 0 Å². The first kappa shape index (κ1) is 24.7. The minimum absolute atomic E-state index is 0.00282. The number of hydrogen-bond donors (Lipinski definition) is 4. The molecular weight excluding hydrogens is 458 g/mol. The third-order valence-corrected chi connectivity index (χ3v) is 7.53. The van der Waals surface area contributed by atoms with Crippen molar-refractivity contribution < 1.29 is 39.0 Å². The highest BCUT2D eigenvalue weighted by Crippen LogP contribution is 2.51. The Kier molecular flexibility index (Phi) is 5.89. The quantitative estimate of drug-likeness (QED) is 0.314. The molecule has 3 aliphatic rings. The third kappa shape index (κ3) is 3.41. The van der Waals surface area contributed by atoms with Gasteiger partial charge in [-0.05, 0) is 44.5 Å². The summed E-state index contributed by atoms with van der Waals surface area (Å²) in [6, 6.07) is 1.89. The Morgan fingerprint density at radius 3 is 2.40 bits per heavy atom. The van der Waals surface area contributed by atoms with Gasteiger partial charge in [-0.1, -0.05) is 13.0 Å². The van der Waals surface area contributed by atoms with Gasteiger partial charge in [0.1, 0.15) is 5.75 Å². The molecule has 35 heavy (non-hydrogen) atoms. The van der Waals surface area contributed by atoms with Gasteiger partial charge < -0.3 is 21.3 Å². The molecule has 0 bridgehead atoms. The molecule has 3 aliphatic carbocycles. The number of nitrogens with one attached hydrogen (secondary N) is 1. The van der Waals surface area contributed by atoms with Gasteiger partial charge in [0, 0.05) is 12.3 Å². The molecule has 11 heteroatoms. The van der Waals surface area contributed by atoms with E-state index in [1.54, 1.807) is 13.0 Å². The van der Waals surface area contributed by atoms with Crippen LogP contribution in [0, 0.1) is 23.7 Å². The number of ketones is 4. The molecule has 2 fully saturated rings. The number of phenols is 1. The van der Waals surface area contributed by atoms with Crippen molar-refractivity contribution in [3.8, 4) is 5.75 Å². The smallest absolute Gasteiger partial charge is 0.235 e. The van der Waals surface area contributed by atoms with Crippen LogP contribution in [-0.4, -0.2) is 75.8 Å². The largest absolute Gasteiger partial charge is 0.505 e. The molecule has 2 saturated carbocycles. The van der Waals surface area contributed by atoms with E-state index in [9.17, 15) is 39.0 Å². The molecule has 0 aliphatic heterocycles. The molecule has 2 unspecified atom stereocenters. The summed E-state index contributed by atoms with van der Waals surface area (Å²) in [7, 11) is 3.05. The van der Waals surface area contributed by atoms with Gasteiger partial charge in [0.2, 0.25) is 11.8 Å². The summed E-state index contributed by atoms with van der Waals surface area (Å²) in [5, 5.41) is 24.7. The second-order valence-corrected chi connectivity index (χ2v) is 9.69. The lowest BCUT2D eigenvalue weighted by Crippen LogP contribution is -2.74. The molecule has 6 atom stereocenters. The number of carbonyl (C=O) groups excluding carboxylic acids is 6. The summed E-state index contributed by atoms with van der Waals surface area (Å²) in [6.07, 6.45) is 0.289. The average Bonchev–Trinajstić information content (AvgIpc) is 2.77. The summed E-state index contributed by atoms with van der Waals surface area (Å²) in [6.45, 7) is 1.62. The first-order valence-corrected chi connectivity index (χ1v) is 11.4. The number of primary amides is 1. The summed E-state index contributed by atoms with van der Waals surface area (Å²) >= 11 is 0. The van der Waals surface area contributed by atoms with Gasteiger partial charge >= 0.3 is 0 Å². The highest BCUT2D eigenvalue weighted by Gasteiger charge is 2.69. The molecule has 0 spiro atoms. The molecule has 11 nitrogen and oxygen atoms in total. The van der Waals surface area contributed by atoms with Crippen molar-refractivity contribution in [2.45, 2.75) is 37.8 Å². The second-order valence-electron chi connectivity index (χ2n) is 9.69. The fourth-order valence-corrected chi connectivity index (χ4v) is 5.92. The van der Waals surface area contributed by atoms with Crippen LogP contribution >= 0.6 is 0 Å². The Morgan fingerprint density at radius 1 is 1.17 bits per heavy atom. The normalized spacial score (nSPS) is 32.1. The topological polar surface area (TPSA) is 184 Å². The van der Waals surface area contributed by atoms with E-state index in [2.05, 4.69) is 5.32 Å². The monoisotopic (exact) mass is 485 g/mol. The number of hydrogen-bond acceptors (Lipinski definition) is 9. The predicted molar refractivity (Wildman–Crippen MR) is 120 cm³/mol. The molecule has 0 aromatic heterocycles. The zero-order valence-corrected chi connectivity index (χ0v) is 19.5. The van der Waals surface area contributed by atoms with Crippen molar-refractivity contribution in [1.82, 2.24) is 4.90 Å². The van der Waals surface area contributed by atoms with Gasteiger partial charge in [0.05, 0.1) is 23.2 Å². The van der Waals surface area contributed by atoms with Gasteiger partial charge in [-0.2, -0.15) is 0 Å². The minimum Gasteiger partial charge on any atom is -0.505 e. The maximum absolute atomic E-state index is 13.7. The highest BCUT2D eigenvalue weighted by molar-refractivity contribution is 6.32. The summed E-state index contributed by atoms with van der Waals surface area (Å²) < 4.78 is 0. The summed E-state index contributed by atoms with van der Waals surface area (Å²) in [5.74, 6) is -11.5. The van der Waals surface area contributed by atoms with Crippen LogP contribution in [-0.2, 0) is 30.4 Å². The van der Waals surface area contributed by atoms with Crippen molar-refractivity contribution in [1.29, 1.82) is 0 Å². The number of nitrogens with two attached hydrogens (primary N) is 1. The number of Topliss-reactive ketones (excluding diaryl/α,β-unsaturated/α-hetero) is 4. The number of phenolic OH excluding ortho intramolecular Hbond substituents is 1. The van der Waals surface area contributed by atoms with Crippen LogP contribution in [0.1, 0.15) is 35.7 Å². The van der Waals surface area contributed by atoms with E-state index in [1.807, 2.05) is 0 Å². The molecule has 186 valence electrons. The molecule has 2 amide bonds. The van der Waals surface area contributed by atoms with Gasteiger partial charge in [-0.25, -0.2) is 0 Å². The first-order valence-electron chi connectivity index (χ1n) is 11.4. The number of fused-ring (bicyclic) bond motifs is 3. The number of benzene rings is 1. The SMILES string of the molecule is CCC(=O)Nc1ccc2c(c1O)C(=O)C1C(=O)[C@]3(O)C(=O)C(C(N)=O)C(=O)[C@@H](N(C)C)[C@@H]3C[C@@H]1C2. The number of amides is 2. The molecular formula is C24H27N3O8. The van der Waals surface area contributed by atoms with Crippen LogP contribution in [0.15, 0.2) is 12.1 Å². The lowest BCUT2D eigenvalue weighted by molar-refractivity contribution is -0.181. The Hall–Kier alpha value is -3.44. The zero-order valence-electron chi connectivity index (χ0n) is 19.5.